The summed E-state index contributed by atoms with van der Waals surface area (Å²) in [6, 6.07) is 0. The van der Waals surface area contributed by atoms with Gasteiger partial charge in [0.05, 0.1) is 5.41 Å². The van der Waals surface area contributed by atoms with Crippen molar-refractivity contribution in [3.63, 3.8) is 0 Å². The summed E-state index contributed by atoms with van der Waals surface area (Å²) in [5.74, 6) is -0.204. The summed E-state index contributed by atoms with van der Waals surface area (Å²) in [4.78, 5) is 10.8. The van der Waals surface area contributed by atoms with Gasteiger partial charge in [0.1, 0.15) is 0 Å². The molecule has 10 heavy (non-hydrogen) atoms. The van der Waals surface area contributed by atoms with Gasteiger partial charge < -0.3 is 5.73 Å². The maximum atomic E-state index is 10.8. The molecule has 1 amide bonds. The molecule has 1 atom stereocenters. The lowest BCUT2D eigenvalue weighted by Crippen LogP contribution is -2.30. The van der Waals surface area contributed by atoms with E-state index in [9.17, 15) is 4.79 Å². The Morgan fingerprint density at radius 3 is 2.60 bits per heavy atom. The lowest BCUT2D eigenvalue weighted by Gasteiger charge is -2.15. The molecule has 2 heteroatoms. The van der Waals surface area contributed by atoms with Gasteiger partial charge in [-0.1, -0.05) is 11.6 Å². The molecule has 1 aliphatic rings. The highest BCUT2D eigenvalue weighted by atomic mass is 16.1. The van der Waals surface area contributed by atoms with E-state index in [1.807, 2.05) is 19.9 Å². The quantitative estimate of drug-likeness (QED) is 0.545. The fraction of sp³-hybridized carbons (Fsp3) is 0.625. The zero-order valence-electron chi connectivity index (χ0n) is 6.48. The minimum absolute atomic E-state index is 0.204. The fourth-order valence-corrected chi connectivity index (χ4v) is 1.34. The zero-order chi connectivity index (χ0) is 7.78. The fourth-order valence-electron chi connectivity index (χ4n) is 1.34. The van der Waals surface area contributed by atoms with Crippen molar-refractivity contribution >= 4 is 5.91 Å². The summed E-state index contributed by atoms with van der Waals surface area (Å²) in [6.45, 7) is 3.93. The molecule has 0 radical (unpaired) electrons. The van der Waals surface area contributed by atoms with E-state index in [4.69, 9.17) is 5.73 Å². The number of primary amides is 1. The zero-order valence-corrected chi connectivity index (χ0v) is 6.48. The normalized spacial score (nSPS) is 32.0. The minimum Gasteiger partial charge on any atom is -0.369 e. The van der Waals surface area contributed by atoms with Crippen molar-refractivity contribution in [3.8, 4) is 0 Å². The van der Waals surface area contributed by atoms with Crippen molar-refractivity contribution in [2.45, 2.75) is 26.7 Å². The average molecular weight is 139 g/mol. The first-order chi connectivity index (χ1) is 4.54. The van der Waals surface area contributed by atoms with Crippen LogP contribution in [-0.4, -0.2) is 5.91 Å². The van der Waals surface area contributed by atoms with Crippen LogP contribution in [-0.2, 0) is 4.79 Å². The molecule has 2 nitrogen and oxygen atoms in total. The van der Waals surface area contributed by atoms with Crippen molar-refractivity contribution in [2.24, 2.45) is 11.1 Å². The Bertz CT molecular complexity index is 195. The summed E-state index contributed by atoms with van der Waals surface area (Å²) < 4.78 is 0. The van der Waals surface area contributed by atoms with E-state index in [2.05, 4.69) is 0 Å². The molecule has 0 aromatic rings. The van der Waals surface area contributed by atoms with Gasteiger partial charge in [0.15, 0.2) is 0 Å². The van der Waals surface area contributed by atoms with Crippen LogP contribution in [0.3, 0.4) is 0 Å². The Labute approximate surface area is 61.1 Å². The highest BCUT2D eigenvalue weighted by Crippen LogP contribution is 2.34. The molecule has 0 saturated heterocycles. The maximum absolute atomic E-state index is 10.8. The number of nitrogens with two attached hydrogens (primary N) is 1. The van der Waals surface area contributed by atoms with E-state index in [0.717, 1.165) is 12.8 Å². The Morgan fingerprint density at radius 1 is 1.80 bits per heavy atom. The van der Waals surface area contributed by atoms with Crippen molar-refractivity contribution in [3.05, 3.63) is 11.6 Å². The van der Waals surface area contributed by atoms with Crippen LogP contribution in [0.1, 0.15) is 26.7 Å². The predicted molar refractivity (Wildman–Crippen MR) is 40.3 cm³/mol. The SMILES string of the molecule is CC1=CC(C)(C(N)=O)CC1. The second-order valence-corrected chi connectivity index (χ2v) is 3.27. The van der Waals surface area contributed by atoms with E-state index < -0.39 is 0 Å². The van der Waals surface area contributed by atoms with Gasteiger partial charge >= 0.3 is 0 Å². The summed E-state index contributed by atoms with van der Waals surface area (Å²) in [5, 5.41) is 0. The minimum atomic E-state index is -0.357. The third kappa shape index (κ3) is 1.06. The predicted octanol–water partition coefficient (Wildman–Crippen LogP) is 1.22. The van der Waals surface area contributed by atoms with Gasteiger partial charge in [0.2, 0.25) is 5.91 Å². The molecule has 0 heterocycles. The van der Waals surface area contributed by atoms with E-state index >= 15 is 0 Å². The number of carbonyl (C=O) groups is 1. The molecule has 56 valence electrons. The second kappa shape index (κ2) is 2.11. The summed E-state index contributed by atoms with van der Waals surface area (Å²) in [7, 11) is 0. The third-order valence-electron chi connectivity index (χ3n) is 2.17. The molecule has 0 aliphatic heterocycles. The van der Waals surface area contributed by atoms with Crippen LogP contribution in [0.25, 0.3) is 0 Å². The smallest absolute Gasteiger partial charge is 0.227 e. The van der Waals surface area contributed by atoms with E-state index in [0.29, 0.717) is 0 Å². The molecule has 0 bridgehead atoms. The highest BCUT2D eigenvalue weighted by molar-refractivity contribution is 5.83. The molecule has 0 spiro atoms. The monoisotopic (exact) mass is 139 g/mol. The molecule has 0 aromatic heterocycles. The topological polar surface area (TPSA) is 43.1 Å². The van der Waals surface area contributed by atoms with E-state index in [1.165, 1.54) is 5.57 Å². The highest BCUT2D eigenvalue weighted by Gasteiger charge is 2.31. The van der Waals surface area contributed by atoms with Crippen molar-refractivity contribution < 1.29 is 4.79 Å². The van der Waals surface area contributed by atoms with Gasteiger partial charge in [-0.3, -0.25) is 4.79 Å². The Kier molecular flexibility index (Phi) is 1.55. The van der Waals surface area contributed by atoms with Crippen LogP contribution in [0.2, 0.25) is 0 Å². The van der Waals surface area contributed by atoms with Crippen LogP contribution in [0.5, 0.6) is 0 Å². The van der Waals surface area contributed by atoms with Crippen LogP contribution < -0.4 is 5.73 Å². The van der Waals surface area contributed by atoms with Crippen LogP contribution in [0.15, 0.2) is 11.6 Å². The Morgan fingerprint density at radius 2 is 2.40 bits per heavy atom. The van der Waals surface area contributed by atoms with E-state index in [1.54, 1.807) is 0 Å². The molecule has 0 saturated carbocycles. The maximum Gasteiger partial charge on any atom is 0.227 e. The molecular formula is C8H13NO. The summed E-state index contributed by atoms with van der Waals surface area (Å²) in [5.41, 5.74) is 6.13. The van der Waals surface area contributed by atoms with Crippen molar-refractivity contribution in [1.82, 2.24) is 0 Å². The lowest BCUT2D eigenvalue weighted by atomic mass is 9.90. The average Bonchev–Trinajstić information content (AvgIpc) is 2.13. The molecule has 2 N–H and O–H groups in total. The molecule has 1 unspecified atom stereocenters. The second-order valence-electron chi connectivity index (χ2n) is 3.27. The Balaban J connectivity index is 2.82. The third-order valence-corrected chi connectivity index (χ3v) is 2.17. The number of carbonyl (C=O) groups excluding carboxylic acids is 1. The molecule has 1 rings (SSSR count). The lowest BCUT2D eigenvalue weighted by molar-refractivity contribution is -0.124. The van der Waals surface area contributed by atoms with Gasteiger partial charge in [-0.2, -0.15) is 0 Å². The molecule has 1 aliphatic carbocycles. The number of amides is 1. The first kappa shape index (κ1) is 7.32. The van der Waals surface area contributed by atoms with Gasteiger partial charge in [-0.25, -0.2) is 0 Å². The number of hydrogen-bond donors (Lipinski definition) is 1. The van der Waals surface area contributed by atoms with Gasteiger partial charge in [-0.15, -0.1) is 0 Å². The van der Waals surface area contributed by atoms with Crippen LogP contribution >= 0.6 is 0 Å². The summed E-state index contributed by atoms with van der Waals surface area (Å²) in [6.07, 6.45) is 3.88. The number of hydrogen-bond acceptors (Lipinski definition) is 1. The largest absolute Gasteiger partial charge is 0.369 e. The number of rotatable bonds is 1. The molecule has 0 fully saturated rings. The molecule has 0 aromatic carbocycles. The van der Waals surface area contributed by atoms with Crippen LogP contribution in [0, 0.1) is 5.41 Å². The first-order valence-electron chi connectivity index (χ1n) is 3.53. The first-order valence-corrected chi connectivity index (χ1v) is 3.53. The van der Waals surface area contributed by atoms with Gasteiger partial charge in [-0.05, 0) is 26.7 Å². The Hall–Kier alpha value is -0.790. The van der Waals surface area contributed by atoms with E-state index in [-0.39, 0.29) is 11.3 Å². The number of allylic oxidation sites excluding steroid dienone is 1. The summed E-state index contributed by atoms with van der Waals surface area (Å²) >= 11 is 0. The van der Waals surface area contributed by atoms with Crippen molar-refractivity contribution in [2.75, 3.05) is 0 Å². The van der Waals surface area contributed by atoms with Gasteiger partial charge in [0.25, 0.3) is 0 Å². The van der Waals surface area contributed by atoms with Crippen molar-refractivity contribution in [1.29, 1.82) is 0 Å². The standard InChI is InChI=1S/C8H13NO/c1-6-3-4-8(2,5-6)7(9)10/h5H,3-4H2,1-2H3,(H2,9,10). The van der Waals surface area contributed by atoms with Gasteiger partial charge in [0, 0.05) is 0 Å². The molecular weight excluding hydrogens is 126 g/mol. The van der Waals surface area contributed by atoms with Crippen LogP contribution in [0.4, 0.5) is 0 Å².